The third-order valence-corrected chi connectivity index (χ3v) is 7.25. The van der Waals surface area contributed by atoms with Gasteiger partial charge in [-0.15, -0.1) is 0 Å². The molecule has 2 amide bonds. The molecule has 30 heavy (non-hydrogen) atoms. The van der Waals surface area contributed by atoms with Crippen molar-refractivity contribution in [2.75, 3.05) is 18.4 Å². The topological polar surface area (TPSA) is 110 Å². The van der Waals surface area contributed by atoms with Crippen LogP contribution in [-0.2, 0) is 10.0 Å². The van der Waals surface area contributed by atoms with Gasteiger partial charge in [0.1, 0.15) is 10.7 Å². The second kappa shape index (κ2) is 9.11. The summed E-state index contributed by atoms with van der Waals surface area (Å²) in [5, 5.41) is 2.53. The van der Waals surface area contributed by atoms with Crippen molar-refractivity contribution < 1.29 is 22.4 Å². The molecular weight excluding hydrogens is 433 g/mol. The molecule has 1 aliphatic rings. The molecule has 2 aromatic carbocycles. The van der Waals surface area contributed by atoms with E-state index in [0.29, 0.717) is 13.1 Å². The summed E-state index contributed by atoms with van der Waals surface area (Å²) < 4.78 is 41.1. The SMILES string of the molecule is NC(=O)c1cc(NC(=O)c2ccc(Cl)c(S(=O)(=O)N3CCCCCC3)c2)ccc1F. The first-order chi connectivity index (χ1) is 14.2. The van der Waals surface area contributed by atoms with Crippen LogP contribution in [0, 0.1) is 5.82 Å². The Balaban J connectivity index is 1.88. The maximum Gasteiger partial charge on any atom is 0.255 e. The number of nitrogens with zero attached hydrogens (tertiary/aromatic N) is 1. The summed E-state index contributed by atoms with van der Waals surface area (Å²) in [6.07, 6.45) is 3.47. The van der Waals surface area contributed by atoms with Crippen LogP contribution in [0.25, 0.3) is 0 Å². The summed E-state index contributed by atoms with van der Waals surface area (Å²) in [7, 11) is -3.86. The van der Waals surface area contributed by atoms with E-state index < -0.39 is 27.7 Å². The highest BCUT2D eigenvalue weighted by Crippen LogP contribution is 2.28. The molecule has 160 valence electrons. The normalized spacial score (nSPS) is 15.4. The van der Waals surface area contributed by atoms with Crippen molar-refractivity contribution >= 4 is 39.1 Å². The summed E-state index contributed by atoms with van der Waals surface area (Å²) in [6, 6.07) is 7.34. The lowest BCUT2D eigenvalue weighted by Crippen LogP contribution is -2.32. The van der Waals surface area contributed by atoms with Crippen molar-refractivity contribution in [1.82, 2.24) is 4.31 Å². The number of benzene rings is 2. The zero-order chi connectivity index (χ0) is 21.9. The Bertz CT molecular complexity index is 1080. The molecule has 0 atom stereocenters. The number of sulfonamides is 1. The summed E-state index contributed by atoms with van der Waals surface area (Å²) in [5.74, 6) is -2.42. The van der Waals surface area contributed by atoms with Crippen molar-refractivity contribution in [3.05, 3.63) is 58.4 Å². The molecule has 0 unspecified atom stereocenters. The zero-order valence-electron chi connectivity index (χ0n) is 16.0. The maximum atomic E-state index is 13.6. The molecule has 1 fully saturated rings. The number of nitrogens with two attached hydrogens (primary N) is 1. The number of primary amides is 1. The van der Waals surface area contributed by atoms with Gasteiger partial charge in [0.05, 0.1) is 10.6 Å². The number of carbonyl (C=O) groups excluding carboxylic acids is 2. The Labute approximate surface area is 179 Å². The Kier molecular flexibility index (Phi) is 6.74. The molecule has 1 heterocycles. The van der Waals surface area contributed by atoms with Gasteiger partial charge in [0.2, 0.25) is 10.0 Å². The number of hydrogen-bond acceptors (Lipinski definition) is 4. The molecule has 0 aliphatic carbocycles. The van der Waals surface area contributed by atoms with Crippen LogP contribution in [0.15, 0.2) is 41.3 Å². The van der Waals surface area contributed by atoms with Gasteiger partial charge in [0.25, 0.3) is 11.8 Å². The predicted octanol–water partition coefficient (Wildman–Crippen LogP) is 3.40. The van der Waals surface area contributed by atoms with Gasteiger partial charge >= 0.3 is 0 Å². The van der Waals surface area contributed by atoms with Gasteiger partial charge in [-0.3, -0.25) is 9.59 Å². The number of anilines is 1. The van der Waals surface area contributed by atoms with Gasteiger partial charge in [0, 0.05) is 24.3 Å². The largest absolute Gasteiger partial charge is 0.366 e. The Morgan fingerprint density at radius 1 is 1.03 bits per heavy atom. The first kappa shape index (κ1) is 22.2. The fourth-order valence-electron chi connectivity index (χ4n) is 3.26. The molecule has 0 radical (unpaired) electrons. The van der Waals surface area contributed by atoms with Crippen LogP contribution in [0.3, 0.4) is 0 Å². The minimum Gasteiger partial charge on any atom is -0.366 e. The molecule has 0 saturated carbocycles. The smallest absolute Gasteiger partial charge is 0.255 e. The van der Waals surface area contributed by atoms with E-state index in [2.05, 4.69) is 5.32 Å². The van der Waals surface area contributed by atoms with E-state index >= 15 is 0 Å². The lowest BCUT2D eigenvalue weighted by molar-refractivity contribution is 0.0992. The van der Waals surface area contributed by atoms with E-state index in [4.69, 9.17) is 17.3 Å². The standard InChI is InChI=1S/C20H21ClFN3O4S/c21-16-7-5-13(11-18(16)30(28,29)25-9-3-1-2-4-10-25)20(27)24-14-6-8-17(22)15(12-14)19(23)26/h5-8,11-12H,1-4,9-10H2,(H2,23,26)(H,24,27). The van der Waals surface area contributed by atoms with Gasteiger partial charge in [0.15, 0.2) is 0 Å². The summed E-state index contributed by atoms with van der Waals surface area (Å²) in [5.41, 5.74) is 4.94. The minimum atomic E-state index is -3.86. The van der Waals surface area contributed by atoms with Crippen molar-refractivity contribution in [1.29, 1.82) is 0 Å². The van der Waals surface area contributed by atoms with Crippen LogP contribution in [0.1, 0.15) is 46.4 Å². The zero-order valence-corrected chi connectivity index (χ0v) is 17.6. The van der Waals surface area contributed by atoms with Crippen LogP contribution in [0.2, 0.25) is 5.02 Å². The van der Waals surface area contributed by atoms with Crippen LogP contribution >= 0.6 is 11.6 Å². The van der Waals surface area contributed by atoms with Crippen LogP contribution in [0.4, 0.5) is 10.1 Å². The summed E-state index contributed by atoms with van der Waals surface area (Å²) in [4.78, 5) is 23.8. The van der Waals surface area contributed by atoms with Crippen molar-refractivity contribution in [2.24, 2.45) is 5.73 Å². The highest BCUT2D eigenvalue weighted by atomic mass is 35.5. The van der Waals surface area contributed by atoms with E-state index in [9.17, 15) is 22.4 Å². The first-order valence-electron chi connectivity index (χ1n) is 9.40. The van der Waals surface area contributed by atoms with E-state index in [-0.39, 0.29) is 26.7 Å². The number of carbonyl (C=O) groups is 2. The quantitative estimate of drug-likeness (QED) is 0.722. The fraction of sp³-hybridized carbons (Fsp3) is 0.300. The number of hydrogen-bond donors (Lipinski definition) is 2. The molecule has 10 heteroatoms. The van der Waals surface area contributed by atoms with Crippen LogP contribution < -0.4 is 11.1 Å². The number of rotatable bonds is 5. The average molecular weight is 454 g/mol. The molecule has 7 nitrogen and oxygen atoms in total. The van der Waals surface area contributed by atoms with Gasteiger partial charge in [-0.1, -0.05) is 24.4 Å². The summed E-state index contributed by atoms with van der Waals surface area (Å²) in [6.45, 7) is 0.807. The Morgan fingerprint density at radius 3 is 2.33 bits per heavy atom. The van der Waals surface area contributed by atoms with Gasteiger partial charge < -0.3 is 11.1 Å². The molecule has 3 rings (SSSR count). The van der Waals surface area contributed by atoms with Gasteiger partial charge in [-0.2, -0.15) is 4.31 Å². The second-order valence-electron chi connectivity index (χ2n) is 6.98. The molecular formula is C20H21ClFN3O4S. The lowest BCUT2D eigenvalue weighted by atomic mass is 10.1. The molecule has 3 N–H and O–H groups in total. The maximum absolute atomic E-state index is 13.6. The Hall–Kier alpha value is -2.49. The first-order valence-corrected chi connectivity index (χ1v) is 11.2. The molecule has 2 aromatic rings. The van der Waals surface area contributed by atoms with E-state index in [1.807, 2.05) is 0 Å². The minimum absolute atomic E-state index is 0.0218. The third-order valence-electron chi connectivity index (χ3n) is 4.87. The van der Waals surface area contributed by atoms with E-state index in [1.165, 1.54) is 28.6 Å². The summed E-state index contributed by atoms with van der Waals surface area (Å²) >= 11 is 6.15. The molecule has 1 saturated heterocycles. The molecule has 0 bridgehead atoms. The number of amides is 2. The van der Waals surface area contributed by atoms with Crippen molar-refractivity contribution in [2.45, 2.75) is 30.6 Å². The molecule has 0 spiro atoms. The van der Waals surface area contributed by atoms with E-state index in [0.717, 1.165) is 37.8 Å². The van der Waals surface area contributed by atoms with Crippen molar-refractivity contribution in [3.8, 4) is 0 Å². The lowest BCUT2D eigenvalue weighted by Gasteiger charge is -2.21. The van der Waals surface area contributed by atoms with Crippen molar-refractivity contribution in [3.63, 3.8) is 0 Å². The fourth-order valence-corrected chi connectivity index (χ4v) is 5.28. The number of nitrogens with one attached hydrogen (secondary N) is 1. The van der Waals surface area contributed by atoms with Gasteiger partial charge in [-0.25, -0.2) is 12.8 Å². The molecule has 1 aliphatic heterocycles. The predicted molar refractivity (Wildman–Crippen MR) is 112 cm³/mol. The average Bonchev–Trinajstić information content (AvgIpc) is 2.99. The van der Waals surface area contributed by atoms with Crippen LogP contribution in [-0.4, -0.2) is 37.6 Å². The van der Waals surface area contributed by atoms with E-state index in [1.54, 1.807) is 0 Å². The highest BCUT2D eigenvalue weighted by Gasteiger charge is 2.28. The second-order valence-corrected chi connectivity index (χ2v) is 9.29. The third kappa shape index (κ3) is 4.80. The molecule has 0 aromatic heterocycles. The number of halogens is 2. The monoisotopic (exact) mass is 453 g/mol. The van der Waals surface area contributed by atoms with Gasteiger partial charge in [-0.05, 0) is 49.2 Å². The Morgan fingerprint density at radius 2 is 1.70 bits per heavy atom. The van der Waals surface area contributed by atoms with Crippen LogP contribution in [0.5, 0.6) is 0 Å². The highest BCUT2D eigenvalue weighted by molar-refractivity contribution is 7.89.